The zero-order chi connectivity index (χ0) is 15.7. The number of nitrogens with zero attached hydrogens (tertiary/aromatic N) is 1. The SMILES string of the molecule is C[C@@H](Nc1c(N2CCC[C@H]2CO)c(=O)c1=O)c1ccccc1. The van der Waals surface area contributed by atoms with Gasteiger partial charge in [0.15, 0.2) is 0 Å². The summed E-state index contributed by atoms with van der Waals surface area (Å²) in [6, 6.07) is 9.67. The van der Waals surface area contributed by atoms with Crippen LogP contribution in [0.2, 0.25) is 0 Å². The lowest BCUT2D eigenvalue weighted by atomic mass is 10.1. The van der Waals surface area contributed by atoms with E-state index in [1.54, 1.807) is 0 Å². The number of aliphatic hydroxyl groups excluding tert-OH is 1. The van der Waals surface area contributed by atoms with Crippen molar-refractivity contribution < 1.29 is 5.11 Å². The fourth-order valence-corrected chi connectivity index (χ4v) is 3.15. The summed E-state index contributed by atoms with van der Waals surface area (Å²) >= 11 is 0. The van der Waals surface area contributed by atoms with Crippen molar-refractivity contribution in [2.45, 2.75) is 31.8 Å². The van der Waals surface area contributed by atoms with Crippen molar-refractivity contribution in [3.05, 3.63) is 56.3 Å². The molecule has 2 aromatic rings. The first-order chi connectivity index (χ1) is 10.6. The summed E-state index contributed by atoms with van der Waals surface area (Å²) in [6.45, 7) is 2.68. The van der Waals surface area contributed by atoms with Crippen LogP contribution in [0.1, 0.15) is 31.4 Å². The monoisotopic (exact) mass is 300 g/mol. The van der Waals surface area contributed by atoms with Crippen LogP contribution in [0.25, 0.3) is 0 Å². The quantitative estimate of drug-likeness (QED) is 0.817. The Labute approximate surface area is 128 Å². The normalized spacial score (nSPS) is 19.5. The Morgan fingerprint density at radius 3 is 2.68 bits per heavy atom. The molecule has 1 saturated heterocycles. The lowest BCUT2D eigenvalue weighted by Gasteiger charge is -2.29. The highest BCUT2D eigenvalue weighted by Gasteiger charge is 2.33. The Bertz CT molecular complexity index is 719. The highest BCUT2D eigenvalue weighted by atomic mass is 16.3. The fourth-order valence-electron chi connectivity index (χ4n) is 3.15. The van der Waals surface area contributed by atoms with E-state index in [4.69, 9.17) is 0 Å². The smallest absolute Gasteiger partial charge is 0.253 e. The molecule has 0 aliphatic carbocycles. The van der Waals surface area contributed by atoms with E-state index in [2.05, 4.69) is 5.32 Å². The van der Waals surface area contributed by atoms with Gasteiger partial charge in [0.25, 0.3) is 10.9 Å². The van der Waals surface area contributed by atoms with Crippen LogP contribution in [0.5, 0.6) is 0 Å². The van der Waals surface area contributed by atoms with E-state index in [0.29, 0.717) is 17.9 Å². The summed E-state index contributed by atoms with van der Waals surface area (Å²) in [6.07, 6.45) is 1.78. The van der Waals surface area contributed by atoms with E-state index in [9.17, 15) is 14.7 Å². The summed E-state index contributed by atoms with van der Waals surface area (Å²) in [7, 11) is 0. The number of aliphatic hydroxyl groups is 1. The Hall–Kier alpha value is -2.14. The van der Waals surface area contributed by atoms with E-state index >= 15 is 0 Å². The molecule has 2 atom stereocenters. The first kappa shape index (κ1) is 14.8. The molecule has 0 unspecified atom stereocenters. The third-order valence-electron chi connectivity index (χ3n) is 4.42. The van der Waals surface area contributed by atoms with Gasteiger partial charge in [0.2, 0.25) is 0 Å². The van der Waals surface area contributed by atoms with Crippen molar-refractivity contribution in [1.82, 2.24) is 0 Å². The molecule has 2 aromatic carbocycles. The predicted octanol–water partition coefficient (Wildman–Crippen LogP) is 1.42. The minimum atomic E-state index is -0.457. The van der Waals surface area contributed by atoms with Crippen LogP contribution in [-0.2, 0) is 0 Å². The van der Waals surface area contributed by atoms with E-state index in [-0.39, 0.29) is 18.7 Å². The summed E-state index contributed by atoms with van der Waals surface area (Å²) < 4.78 is 0. The van der Waals surface area contributed by atoms with Gasteiger partial charge in [-0.3, -0.25) is 9.59 Å². The molecule has 1 fully saturated rings. The zero-order valence-corrected chi connectivity index (χ0v) is 12.6. The first-order valence-electron chi connectivity index (χ1n) is 7.65. The molecule has 3 rings (SSSR count). The van der Waals surface area contributed by atoms with Crippen LogP contribution >= 0.6 is 0 Å². The standard InChI is InChI=1S/C17H20N2O3/c1-11(12-6-3-2-4-7-12)18-14-15(17(22)16(14)21)19-9-5-8-13(19)10-20/h2-4,6-7,11,13,18,20H,5,8-10H2,1H3/t11-,13+/m1/s1. The number of nitrogens with one attached hydrogen (secondary N) is 1. The van der Waals surface area contributed by atoms with Crippen molar-refractivity contribution in [1.29, 1.82) is 0 Å². The molecular weight excluding hydrogens is 280 g/mol. The van der Waals surface area contributed by atoms with Crippen LogP contribution in [0, 0.1) is 0 Å². The minimum Gasteiger partial charge on any atom is -0.394 e. The number of hydrogen-bond donors (Lipinski definition) is 2. The van der Waals surface area contributed by atoms with Crippen molar-refractivity contribution in [2.75, 3.05) is 23.4 Å². The molecule has 0 radical (unpaired) electrons. The largest absolute Gasteiger partial charge is 0.394 e. The van der Waals surface area contributed by atoms with Gasteiger partial charge in [-0.05, 0) is 25.3 Å². The Morgan fingerprint density at radius 2 is 2.00 bits per heavy atom. The van der Waals surface area contributed by atoms with Gasteiger partial charge in [-0.25, -0.2) is 0 Å². The molecule has 0 saturated carbocycles. The molecule has 0 bridgehead atoms. The van der Waals surface area contributed by atoms with Gasteiger partial charge in [0.05, 0.1) is 12.6 Å². The summed E-state index contributed by atoms with van der Waals surface area (Å²) in [4.78, 5) is 25.8. The topological polar surface area (TPSA) is 69.6 Å². The average molecular weight is 300 g/mol. The van der Waals surface area contributed by atoms with Crippen LogP contribution in [0.4, 0.5) is 11.4 Å². The summed E-state index contributed by atoms with van der Waals surface area (Å²) in [5, 5.41) is 12.6. The Morgan fingerprint density at radius 1 is 1.27 bits per heavy atom. The summed E-state index contributed by atoms with van der Waals surface area (Å²) in [5.41, 5.74) is 0.997. The molecule has 1 aliphatic rings. The maximum absolute atomic E-state index is 12.0. The minimum absolute atomic E-state index is 0.00644. The number of anilines is 2. The lowest BCUT2D eigenvalue weighted by molar-refractivity contribution is 0.266. The predicted molar refractivity (Wildman–Crippen MR) is 87.3 cm³/mol. The second-order valence-corrected chi connectivity index (χ2v) is 5.83. The molecular formula is C17H20N2O3. The van der Waals surface area contributed by atoms with Crippen molar-refractivity contribution in [3.8, 4) is 0 Å². The second kappa shape index (κ2) is 5.93. The molecule has 0 aromatic heterocycles. The van der Waals surface area contributed by atoms with E-state index in [0.717, 1.165) is 18.4 Å². The molecule has 5 nitrogen and oxygen atoms in total. The van der Waals surface area contributed by atoms with Gasteiger partial charge in [-0.15, -0.1) is 0 Å². The van der Waals surface area contributed by atoms with Gasteiger partial charge in [-0.2, -0.15) is 0 Å². The molecule has 1 aliphatic heterocycles. The van der Waals surface area contributed by atoms with Crippen LogP contribution in [-0.4, -0.2) is 24.3 Å². The van der Waals surface area contributed by atoms with Crippen molar-refractivity contribution >= 4 is 11.4 Å². The van der Waals surface area contributed by atoms with Crippen LogP contribution in [0.15, 0.2) is 39.9 Å². The average Bonchev–Trinajstić information content (AvgIpc) is 3.02. The highest BCUT2D eigenvalue weighted by Crippen LogP contribution is 2.30. The van der Waals surface area contributed by atoms with E-state index in [1.807, 2.05) is 42.2 Å². The third-order valence-corrected chi connectivity index (χ3v) is 4.42. The molecule has 0 spiro atoms. The zero-order valence-electron chi connectivity index (χ0n) is 12.6. The number of rotatable bonds is 5. The third kappa shape index (κ3) is 2.41. The van der Waals surface area contributed by atoms with Gasteiger partial charge in [0, 0.05) is 12.6 Å². The van der Waals surface area contributed by atoms with Gasteiger partial charge in [-0.1, -0.05) is 30.3 Å². The lowest BCUT2D eigenvalue weighted by Crippen LogP contribution is -2.45. The van der Waals surface area contributed by atoms with Crippen molar-refractivity contribution in [3.63, 3.8) is 0 Å². The van der Waals surface area contributed by atoms with E-state index in [1.165, 1.54) is 0 Å². The maximum atomic E-state index is 12.0. The number of hydrogen-bond acceptors (Lipinski definition) is 5. The molecule has 0 amide bonds. The maximum Gasteiger partial charge on any atom is 0.253 e. The molecule has 5 heteroatoms. The Kier molecular flexibility index (Phi) is 3.98. The number of benzene rings is 1. The fraction of sp³-hybridized carbons (Fsp3) is 0.412. The molecule has 116 valence electrons. The van der Waals surface area contributed by atoms with Crippen LogP contribution < -0.4 is 21.1 Å². The van der Waals surface area contributed by atoms with Gasteiger partial charge < -0.3 is 15.3 Å². The van der Waals surface area contributed by atoms with Gasteiger partial charge >= 0.3 is 0 Å². The Balaban J connectivity index is 1.85. The second-order valence-electron chi connectivity index (χ2n) is 5.83. The van der Waals surface area contributed by atoms with E-state index < -0.39 is 10.9 Å². The molecule has 1 heterocycles. The first-order valence-corrected chi connectivity index (χ1v) is 7.65. The van der Waals surface area contributed by atoms with Crippen LogP contribution in [0.3, 0.4) is 0 Å². The highest BCUT2D eigenvalue weighted by molar-refractivity contribution is 5.76. The van der Waals surface area contributed by atoms with Gasteiger partial charge in [0.1, 0.15) is 11.4 Å². The molecule has 22 heavy (non-hydrogen) atoms. The molecule has 2 N–H and O–H groups in total. The summed E-state index contributed by atoms with van der Waals surface area (Å²) in [5.74, 6) is 0. The van der Waals surface area contributed by atoms with Crippen molar-refractivity contribution in [2.24, 2.45) is 0 Å².